The van der Waals surface area contributed by atoms with Crippen LogP contribution in [0.2, 0.25) is 0 Å². The maximum atomic E-state index is 13.0. The van der Waals surface area contributed by atoms with Gasteiger partial charge in [0.05, 0.1) is 18.4 Å². The van der Waals surface area contributed by atoms with Crippen LogP contribution in [0.25, 0.3) is 0 Å². The molecule has 0 unspecified atom stereocenters. The van der Waals surface area contributed by atoms with E-state index in [-0.39, 0.29) is 22.5 Å². The molecule has 0 spiro atoms. The molecule has 0 bridgehead atoms. The van der Waals surface area contributed by atoms with Crippen molar-refractivity contribution in [3.63, 3.8) is 0 Å². The molecule has 0 atom stereocenters. The van der Waals surface area contributed by atoms with E-state index in [1.807, 2.05) is 0 Å². The number of esters is 1. The summed E-state index contributed by atoms with van der Waals surface area (Å²) in [6.07, 6.45) is 1.32. The summed E-state index contributed by atoms with van der Waals surface area (Å²) in [7, 11) is 1.25. The van der Waals surface area contributed by atoms with Gasteiger partial charge in [-0.25, -0.2) is 9.18 Å². The summed E-state index contributed by atoms with van der Waals surface area (Å²) >= 11 is 0. The van der Waals surface area contributed by atoms with Crippen LogP contribution in [-0.4, -0.2) is 29.9 Å². The third-order valence-electron chi connectivity index (χ3n) is 3.94. The van der Waals surface area contributed by atoms with E-state index >= 15 is 0 Å². The number of halogens is 1. The van der Waals surface area contributed by atoms with Gasteiger partial charge < -0.3 is 15.4 Å². The molecule has 1 heterocycles. The van der Waals surface area contributed by atoms with E-state index in [2.05, 4.69) is 15.6 Å². The van der Waals surface area contributed by atoms with Gasteiger partial charge in [-0.15, -0.1) is 0 Å². The van der Waals surface area contributed by atoms with Crippen LogP contribution in [0.15, 0.2) is 66.9 Å². The van der Waals surface area contributed by atoms with Gasteiger partial charge in [0.25, 0.3) is 11.8 Å². The average molecular weight is 393 g/mol. The lowest BCUT2D eigenvalue weighted by atomic mass is 10.1. The molecule has 2 aromatic carbocycles. The smallest absolute Gasteiger partial charge is 0.339 e. The molecule has 146 valence electrons. The van der Waals surface area contributed by atoms with Crippen LogP contribution in [0.3, 0.4) is 0 Å². The molecule has 0 saturated carbocycles. The average Bonchev–Trinajstić information content (AvgIpc) is 2.75. The molecule has 3 rings (SSSR count). The summed E-state index contributed by atoms with van der Waals surface area (Å²) in [6.45, 7) is 0. The Morgan fingerprint density at radius 1 is 0.931 bits per heavy atom. The lowest BCUT2D eigenvalue weighted by molar-refractivity contribution is 0.0601. The first kappa shape index (κ1) is 19.7. The summed E-state index contributed by atoms with van der Waals surface area (Å²) in [5.41, 5.74) is 1.04. The van der Waals surface area contributed by atoms with Gasteiger partial charge in [0.15, 0.2) is 0 Å². The largest absolute Gasteiger partial charge is 0.465 e. The van der Waals surface area contributed by atoms with Crippen LogP contribution in [0.5, 0.6) is 0 Å². The molecule has 1 aromatic heterocycles. The number of aromatic nitrogens is 1. The topological polar surface area (TPSA) is 97.4 Å². The first-order valence-electron chi connectivity index (χ1n) is 8.49. The zero-order valence-corrected chi connectivity index (χ0v) is 15.3. The van der Waals surface area contributed by atoms with Gasteiger partial charge in [-0.3, -0.25) is 14.6 Å². The number of carbonyl (C=O) groups excluding carboxylic acids is 3. The van der Waals surface area contributed by atoms with E-state index in [9.17, 15) is 18.8 Å². The number of carbonyl (C=O) groups is 3. The van der Waals surface area contributed by atoms with Crippen molar-refractivity contribution in [3.8, 4) is 0 Å². The Kier molecular flexibility index (Phi) is 5.94. The Bertz CT molecular complexity index is 1070. The van der Waals surface area contributed by atoms with Gasteiger partial charge in [0.1, 0.15) is 11.5 Å². The lowest BCUT2D eigenvalue weighted by Gasteiger charge is -2.10. The number of rotatable bonds is 5. The molecule has 7 nitrogen and oxygen atoms in total. The number of hydrogen-bond acceptors (Lipinski definition) is 5. The van der Waals surface area contributed by atoms with E-state index in [1.165, 1.54) is 55.8 Å². The molecule has 29 heavy (non-hydrogen) atoms. The molecule has 2 N–H and O–H groups in total. The number of nitrogens with zero attached hydrogens (tertiary/aromatic N) is 1. The number of nitrogens with one attached hydrogen (secondary N) is 2. The van der Waals surface area contributed by atoms with Crippen molar-refractivity contribution in [2.45, 2.75) is 0 Å². The fraction of sp³-hybridized carbons (Fsp3) is 0.0476. The standard InChI is InChI=1S/C21H16FN3O4/c1-29-21(28)16-4-2-3-5-17(16)25-19(26)13-10-11-23-18(12-13)20(27)24-15-8-6-14(22)7-9-15/h2-12H,1H3,(H,24,27)(H,25,26). The maximum absolute atomic E-state index is 13.0. The Labute approximate surface area is 165 Å². The Morgan fingerprint density at radius 3 is 2.38 bits per heavy atom. The number of benzene rings is 2. The fourth-order valence-electron chi connectivity index (χ4n) is 2.50. The molecule has 8 heteroatoms. The predicted octanol–water partition coefficient (Wildman–Crippen LogP) is 3.51. The van der Waals surface area contributed by atoms with Gasteiger partial charge in [-0.05, 0) is 48.5 Å². The normalized spacial score (nSPS) is 10.1. The molecule has 0 aliphatic heterocycles. The van der Waals surface area contributed by atoms with Crippen molar-refractivity contribution < 1.29 is 23.5 Å². The van der Waals surface area contributed by atoms with Gasteiger partial charge in [-0.1, -0.05) is 12.1 Å². The monoisotopic (exact) mass is 393 g/mol. The molecule has 0 saturated heterocycles. The first-order valence-corrected chi connectivity index (χ1v) is 8.49. The molecule has 2 amide bonds. The highest BCUT2D eigenvalue weighted by Crippen LogP contribution is 2.17. The summed E-state index contributed by atoms with van der Waals surface area (Å²) in [5.74, 6) is -2.09. The Hall–Kier alpha value is -4.07. The van der Waals surface area contributed by atoms with Crippen molar-refractivity contribution in [1.29, 1.82) is 0 Å². The third-order valence-corrected chi connectivity index (χ3v) is 3.94. The summed E-state index contributed by atoms with van der Waals surface area (Å²) in [4.78, 5) is 40.7. The van der Waals surface area contributed by atoms with Crippen molar-refractivity contribution in [2.24, 2.45) is 0 Å². The Balaban J connectivity index is 1.77. The van der Waals surface area contributed by atoms with E-state index in [0.717, 1.165) is 0 Å². The second kappa shape index (κ2) is 8.75. The summed E-state index contributed by atoms with van der Waals surface area (Å²) < 4.78 is 17.7. The first-order chi connectivity index (χ1) is 14.0. The van der Waals surface area contributed by atoms with Crippen molar-refractivity contribution in [3.05, 3.63) is 89.5 Å². The second-order valence-electron chi connectivity index (χ2n) is 5.88. The number of hydrogen-bond donors (Lipinski definition) is 2. The van der Waals surface area contributed by atoms with Crippen LogP contribution in [0.1, 0.15) is 31.2 Å². The number of methoxy groups -OCH3 is 1. The van der Waals surface area contributed by atoms with E-state index in [4.69, 9.17) is 4.74 Å². The minimum atomic E-state index is -0.588. The maximum Gasteiger partial charge on any atom is 0.339 e. The van der Waals surface area contributed by atoms with Crippen LogP contribution in [0, 0.1) is 5.82 Å². The van der Waals surface area contributed by atoms with E-state index in [0.29, 0.717) is 5.69 Å². The van der Waals surface area contributed by atoms with Gasteiger partial charge in [0.2, 0.25) is 0 Å². The van der Waals surface area contributed by atoms with Gasteiger partial charge in [-0.2, -0.15) is 0 Å². The van der Waals surface area contributed by atoms with Crippen molar-refractivity contribution in [2.75, 3.05) is 17.7 Å². The quantitative estimate of drug-likeness (QED) is 0.647. The molecule has 3 aromatic rings. The van der Waals surface area contributed by atoms with Crippen LogP contribution in [-0.2, 0) is 4.74 Å². The van der Waals surface area contributed by atoms with E-state index < -0.39 is 23.6 Å². The number of ether oxygens (including phenoxy) is 1. The van der Waals surface area contributed by atoms with Crippen LogP contribution in [0.4, 0.5) is 15.8 Å². The highest BCUT2D eigenvalue weighted by molar-refractivity contribution is 6.09. The molecule has 0 radical (unpaired) electrons. The molecular formula is C21H16FN3O4. The van der Waals surface area contributed by atoms with Crippen molar-refractivity contribution >= 4 is 29.2 Å². The van der Waals surface area contributed by atoms with Gasteiger partial charge >= 0.3 is 5.97 Å². The molecule has 0 aliphatic carbocycles. The fourth-order valence-corrected chi connectivity index (χ4v) is 2.50. The SMILES string of the molecule is COC(=O)c1ccccc1NC(=O)c1ccnc(C(=O)Nc2ccc(F)cc2)c1. The molecule has 0 fully saturated rings. The summed E-state index contributed by atoms with van der Waals surface area (Å²) in [6, 6.07) is 14.4. The number of amides is 2. The highest BCUT2D eigenvalue weighted by atomic mass is 19.1. The summed E-state index contributed by atoms with van der Waals surface area (Å²) in [5, 5.41) is 5.20. The minimum Gasteiger partial charge on any atom is -0.465 e. The lowest BCUT2D eigenvalue weighted by Crippen LogP contribution is -2.18. The zero-order valence-electron chi connectivity index (χ0n) is 15.3. The third kappa shape index (κ3) is 4.81. The van der Waals surface area contributed by atoms with Crippen LogP contribution >= 0.6 is 0 Å². The van der Waals surface area contributed by atoms with Crippen LogP contribution < -0.4 is 10.6 Å². The minimum absolute atomic E-state index is 0.00299. The number of para-hydroxylation sites is 1. The van der Waals surface area contributed by atoms with Gasteiger partial charge in [0, 0.05) is 17.4 Å². The van der Waals surface area contributed by atoms with Crippen molar-refractivity contribution in [1.82, 2.24) is 4.98 Å². The predicted molar refractivity (Wildman–Crippen MR) is 104 cm³/mol. The number of pyridine rings is 1. The second-order valence-corrected chi connectivity index (χ2v) is 5.88. The molecular weight excluding hydrogens is 377 g/mol. The zero-order chi connectivity index (χ0) is 20.8. The Morgan fingerprint density at radius 2 is 1.66 bits per heavy atom. The molecule has 0 aliphatic rings. The highest BCUT2D eigenvalue weighted by Gasteiger charge is 2.16. The number of anilines is 2. The van der Waals surface area contributed by atoms with E-state index in [1.54, 1.807) is 18.2 Å².